The second-order valence-electron chi connectivity index (χ2n) is 4.15. The lowest BCUT2D eigenvalue weighted by atomic mass is 10.1. The Morgan fingerprint density at radius 3 is 2.55 bits per heavy atom. The van der Waals surface area contributed by atoms with E-state index in [1.807, 2.05) is 0 Å². The largest absolute Gasteiger partial charge is 0.306 e. The Morgan fingerprint density at radius 1 is 1.30 bits per heavy atom. The molecule has 2 rings (SSSR count). The Kier molecular flexibility index (Phi) is 4.97. The highest BCUT2D eigenvalue weighted by molar-refractivity contribution is 6.69. The van der Waals surface area contributed by atoms with Crippen LogP contribution in [0.1, 0.15) is 10.4 Å². The molecule has 3 nitrogen and oxygen atoms in total. The highest BCUT2D eigenvalue weighted by atomic mass is 35.5. The molecule has 1 atom stereocenters. The Balaban J connectivity index is 2.84. The molecule has 20 heavy (non-hydrogen) atoms. The molecule has 0 spiro atoms. The number of hydrogen-bond donors (Lipinski definition) is 0. The number of carbonyl (C=O) groups excluding carboxylic acids is 1. The topological polar surface area (TPSA) is 39.1 Å². The van der Waals surface area contributed by atoms with Crippen molar-refractivity contribution >= 4 is 62.5 Å². The van der Waals surface area contributed by atoms with Crippen LogP contribution in [0.25, 0.3) is 10.9 Å². The van der Waals surface area contributed by atoms with Crippen LogP contribution >= 0.6 is 46.4 Å². The first-order valence-electron chi connectivity index (χ1n) is 5.68. The van der Waals surface area contributed by atoms with Gasteiger partial charge in [0.15, 0.2) is 0 Å². The summed E-state index contributed by atoms with van der Waals surface area (Å²) in [6, 6.07) is 6.95. The summed E-state index contributed by atoms with van der Waals surface area (Å²) in [6.45, 7) is 0.165. The average Bonchev–Trinajstić information content (AvgIpc) is 2.43. The minimum Gasteiger partial charge on any atom is -0.306 e. The molecule has 7 heteroatoms. The van der Waals surface area contributed by atoms with Crippen molar-refractivity contribution in [1.82, 2.24) is 4.57 Å². The van der Waals surface area contributed by atoms with E-state index in [1.54, 1.807) is 24.3 Å². The van der Waals surface area contributed by atoms with Gasteiger partial charge < -0.3 is 4.57 Å². The maximum absolute atomic E-state index is 12.4. The molecule has 1 unspecified atom stereocenters. The van der Waals surface area contributed by atoms with Crippen LogP contribution in [0.5, 0.6) is 0 Å². The maximum Gasteiger partial charge on any atom is 0.264 e. The molecule has 0 N–H and O–H groups in total. The van der Waals surface area contributed by atoms with Gasteiger partial charge in [-0.1, -0.05) is 29.8 Å². The number of fused-ring (bicyclic) bond motifs is 1. The van der Waals surface area contributed by atoms with Gasteiger partial charge in [-0.3, -0.25) is 9.59 Å². The smallest absolute Gasteiger partial charge is 0.264 e. The summed E-state index contributed by atoms with van der Waals surface area (Å²) in [5, 5.41) is -0.719. The van der Waals surface area contributed by atoms with E-state index in [0.29, 0.717) is 10.9 Å². The van der Waals surface area contributed by atoms with Crippen LogP contribution in [0.4, 0.5) is 0 Å². The lowest BCUT2D eigenvalue weighted by Gasteiger charge is -2.15. The predicted molar refractivity (Wildman–Crippen MR) is 83.8 cm³/mol. The molecule has 0 amide bonds. The highest BCUT2D eigenvalue weighted by Gasteiger charge is 2.20. The van der Waals surface area contributed by atoms with Gasteiger partial charge in [-0.2, -0.15) is 0 Å². The number of benzene rings is 1. The van der Waals surface area contributed by atoms with Crippen molar-refractivity contribution in [2.75, 3.05) is 5.88 Å². The first kappa shape index (κ1) is 15.6. The van der Waals surface area contributed by atoms with Crippen LogP contribution in [0.15, 0.2) is 29.1 Å². The summed E-state index contributed by atoms with van der Waals surface area (Å²) in [7, 11) is 0. The number of rotatable bonds is 4. The van der Waals surface area contributed by atoms with Crippen molar-refractivity contribution in [2.45, 2.75) is 11.9 Å². The van der Waals surface area contributed by atoms with Gasteiger partial charge in [0.25, 0.3) is 10.8 Å². The van der Waals surface area contributed by atoms with Crippen molar-refractivity contribution in [1.29, 1.82) is 0 Å². The molecule has 0 radical (unpaired) electrons. The van der Waals surface area contributed by atoms with Crippen LogP contribution < -0.4 is 5.56 Å². The number of carbonyl (C=O) groups is 1. The molecule has 0 bridgehead atoms. The number of aromatic nitrogens is 1. The van der Waals surface area contributed by atoms with Gasteiger partial charge in [0.2, 0.25) is 0 Å². The zero-order valence-corrected chi connectivity index (χ0v) is 13.1. The van der Waals surface area contributed by atoms with Gasteiger partial charge in [0, 0.05) is 17.8 Å². The minimum atomic E-state index is -0.892. The molecule has 106 valence electrons. The monoisotopic (exact) mass is 351 g/mol. The van der Waals surface area contributed by atoms with E-state index in [4.69, 9.17) is 46.4 Å². The maximum atomic E-state index is 12.4. The van der Waals surface area contributed by atoms with Crippen molar-refractivity contribution in [2.24, 2.45) is 0 Å². The number of pyridine rings is 1. The Labute approximate surface area is 135 Å². The predicted octanol–water partition coefficient (Wildman–Crippen LogP) is 3.88. The molecular weight excluding hydrogens is 344 g/mol. The van der Waals surface area contributed by atoms with Crippen molar-refractivity contribution < 1.29 is 4.79 Å². The molecule has 0 saturated heterocycles. The summed E-state index contributed by atoms with van der Waals surface area (Å²) >= 11 is 23.2. The summed E-state index contributed by atoms with van der Waals surface area (Å²) in [4.78, 5) is 23.8. The molecule has 0 saturated carbocycles. The second kappa shape index (κ2) is 6.35. The highest BCUT2D eigenvalue weighted by Crippen LogP contribution is 2.26. The number of halogens is 4. The van der Waals surface area contributed by atoms with Crippen molar-refractivity contribution in [3.8, 4) is 0 Å². The summed E-state index contributed by atoms with van der Waals surface area (Å²) in [6.07, 6.45) is 0. The normalized spacial score (nSPS) is 12.6. The first-order chi connectivity index (χ1) is 9.47. The number of para-hydroxylation sites is 1. The molecule has 2 aromatic rings. The summed E-state index contributed by atoms with van der Waals surface area (Å²) in [5.41, 5.74) is -0.227. The lowest BCUT2D eigenvalue weighted by molar-refractivity contribution is 0.108. The molecule has 0 aliphatic rings. The lowest BCUT2D eigenvalue weighted by Crippen LogP contribution is -2.29. The number of nitrogens with zero attached hydrogens (tertiary/aromatic N) is 1. The van der Waals surface area contributed by atoms with E-state index in [0.717, 1.165) is 0 Å². The fourth-order valence-corrected chi connectivity index (χ4v) is 2.75. The molecule has 0 aliphatic heterocycles. The van der Waals surface area contributed by atoms with Crippen LogP contribution in [0.3, 0.4) is 0 Å². The van der Waals surface area contributed by atoms with Gasteiger partial charge in [-0.25, -0.2) is 0 Å². The first-order valence-corrected chi connectivity index (χ1v) is 7.41. The SMILES string of the molecule is O=C(Cl)c1c(Cl)c2ccccc2n(CC(Cl)CCl)c1=O. The van der Waals surface area contributed by atoms with Crippen LogP contribution in [0.2, 0.25) is 5.02 Å². The molecule has 1 aromatic heterocycles. The number of alkyl halides is 2. The van der Waals surface area contributed by atoms with Gasteiger partial charge in [0.1, 0.15) is 5.56 Å². The quantitative estimate of drug-likeness (QED) is 0.618. The van der Waals surface area contributed by atoms with Gasteiger partial charge in [-0.15, -0.1) is 23.2 Å². The third-order valence-corrected chi connectivity index (χ3v) is 4.26. The fraction of sp³-hybridized carbons (Fsp3) is 0.231. The summed E-state index contributed by atoms with van der Waals surface area (Å²) < 4.78 is 1.37. The Bertz CT molecular complexity index is 726. The van der Waals surface area contributed by atoms with Crippen molar-refractivity contribution in [3.63, 3.8) is 0 Å². The second-order valence-corrected chi connectivity index (χ2v) is 5.79. The van der Waals surface area contributed by atoms with Crippen molar-refractivity contribution in [3.05, 3.63) is 45.2 Å². The van der Waals surface area contributed by atoms with E-state index in [-0.39, 0.29) is 23.0 Å². The van der Waals surface area contributed by atoms with Gasteiger partial charge in [-0.05, 0) is 17.7 Å². The molecule has 0 fully saturated rings. The van der Waals surface area contributed by atoms with E-state index >= 15 is 0 Å². The minimum absolute atomic E-state index is 0.0545. The zero-order valence-electron chi connectivity index (χ0n) is 10.1. The molecular formula is C13H9Cl4NO2. The Hall–Kier alpha value is -0.740. The third-order valence-electron chi connectivity index (χ3n) is 2.85. The van der Waals surface area contributed by atoms with Crippen LogP contribution in [-0.2, 0) is 6.54 Å². The van der Waals surface area contributed by atoms with Crippen LogP contribution in [0, 0.1) is 0 Å². The molecule has 1 heterocycles. The van der Waals surface area contributed by atoms with E-state index in [9.17, 15) is 9.59 Å². The number of hydrogen-bond acceptors (Lipinski definition) is 2. The van der Waals surface area contributed by atoms with Gasteiger partial charge >= 0.3 is 0 Å². The Morgan fingerprint density at radius 2 is 1.95 bits per heavy atom. The zero-order chi connectivity index (χ0) is 14.9. The molecule has 1 aromatic carbocycles. The van der Waals surface area contributed by atoms with E-state index < -0.39 is 16.2 Å². The van der Waals surface area contributed by atoms with Crippen LogP contribution in [-0.4, -0.2) is 21.1 Å². The average molecular weight is 353 g/mol. The van der Waals surface area contributed by atoms with E-state index in [1.165, 1.54) is 4.57 Å². The third kappa shape index (κ3) is 2.82. The van der Waals surface area contributed by atoms with E-state index in [2.05, 4.69) is 0 Å². The summed E-state index contributed by atoms with van der Waals surface area (Å²) in [5.74, 6) is 0.176. The van der Waals surface area contributed by atoms with Gasteiger partial charge in [0.05, 0.1) is 15.9 Å². The molecule has 0 aliphatic carbocycles. The fourth-order valence-electron chi connectivity index (χ4n) is 1.97. The standard InChI is InChI=1S/C13H9Cl4NO2/c14-5-7(15)6-18-9-4-2-1-3-8(9)11(16)10(12(17)19)13(18)20/h1-4,7H,5-6H2.